The summed E-state index contributed by atoms with van der Waals surface area (Å²) in [5.41, 5.74) is 0.411. The molecule has 2 rings (SSSR count). The summed E-state index contributed by atoms with van der Waals surface area (Å²) in [7, 11) is -4.17. The highest BCUT2D eigenvalue weighted by atomic mass is 32.2. The summed E-state index contributed by atoms with van der Waals surface area (Å²) in [5, 5.41) is 0. The zero-order valence-electron chi connectivity index (χ0n) is 7.84. The second kappa shape index (κ2) is 3.55. The van der Waals surface area contributed by atoms with Gasteiger partial charge in [0.1, 0.15) is 11.5 Å². The number of fused-ring (bicyclic) bond motifs is 1. The molecule has 0 spiro atoms. The quantitative estimate of drug-likeness (QED) is 0.423. The van der Waals surface area contributed by atoms with Crippen LogP contribution in [-0.2, 0) is 26.2 Å². The molecule has 0 bridgehead atoms. The van der Waals surface area contributed by atoms with Gasteiger partial charge in [-0.2, -0.15) is 8.42 Å². The smallest absolute Gasteiger partial charge is 0.340 e. The van der Waals surface area contributed by atoms with Crippen molar-refractivity contribution in [2.75, 3.05) is 0 Å². The molecule has 0 saturated carbocycles. The van der Waals surface area contributed by atoms with E-state index >= 15 is 0 Å². The maximum Gasteiger partial charge on any atom is 0.340 e. The highest BCUT2D eigenvalue weighted by molar-refractivity contribution is 7.90. The van der Waals surface area contributed by atoms with Crippen LogP contribution in [0.2, 0.25) is 0 Å². The molecule has 0 amide bonds. The molecule has 1 aromatic carbocycles. The van der Waals surface area contributed by atoms with E-state index < -0.39 is 16.0 Å². The molecule has 1 aliphatic rings. The summed E-state index contributed by atoms with van der Waals surface area (Å²) >= 11 is 0. The van der Waals surface area contributed by atoms with Gasteiger partial charge in [-0.25, -0.2) is 9.59 Å². The van der Waals surface area contributed by atoms with Crippen molar-refractivity contribution < 1.29 is 22.7 Å². The summed E-state index contributed by atoms with van der Waals surface area (Å²) in [6.07, 6.45) is 0.947. The zero-order chi connectivity index (χ0) is 11.8. The van der Waals surface area contributed by atoms with Gasteiger partial charge >= 0.3 is 5.97 Å². The van der Waals surface area contributed by atoms with E-state index in [1.165, 1.54) is 12.1 Å². The molecule has 0 unspecified atom stereocenters. The van der Waals surface area contributed by atoms with E-state index in [4.69, 9.17) is 4.74 Å². The third-order valence-electron chi connectivity index (χ3n) is 2.11. The van der Waals surface area contributed by atoms with E-state index in [0.717, 1.165) is 6.08 Å². The molecule has 1 aliphatic heterocycles. The van der Waals surface area contributed by atoms with Crippen molar-refractivity contribution in [1.82, 2.24) is 0 Å². The molecule has 1 heterocycles. The summed E-state index contributed by atoms with van der Waals surface area (Å²) in [6, 6.07) is 4.22. The Balaban J connectivity index is 2.74. The topological polar surface area (TPSA) is 89.9 Å². The Kier molecular flexibility index (Phi) is 2.34. The molecule has 0 N–H and O–H groups in total. The molecular weight excluding hydrogens is 234 g/mol. The Bertz CT molecular complexity index is 613. The lowest BCUT2D eigenvalue weighted by atomic mass is 10.1. The minimum atomic E-state index is -4.17. The van der Waals surface area contributed by atoms with E-state index in [2.05, 4.69) is 4.40 Å². The largest absolute Gasteiger partial charge is 0.457 e. The highest BCUT2D eigenvalue weighted by Gasteiger charge is 2.30. The Morgan fingerprint density at radius 1 is 1.38 bits per heavy atom. The minimum Gasteiger partial charge on any atom is -0.457 e. The number of ether oxygens (including phenoxy) is 1. The Hall–Kier alpha value is -1.98. The van der Waals surface area contributed by atoms with E-state index in [9.17, 15) is 18.0 Å². The van der Waals surface area contributed by atoms with E-state index in [-0.39, 0.29) is 17.1 Å². The van der Waals surface area contributed by atoms with Crippen LogP contribution in [0.1, 0.15) is 15.9 Å². The third kappa shape index (κ3) is 1.52. The van der Waals surface area contributed by atoms with E-state index in [1.54, 1.807) is 6.07 Å². The average Bonchev–Trinajstić information content (AvgIpc) is 2.60. The van der Waals surface area contributed by atoms with Gasteiger partial charge < -0.3 is 4.74 Å². The number of cyclic esters (lactones) is 1. The van der Waals surface area contributed by atoms with Gasteiger partial charge in [0.05, 0.1) is 5.56 Å². The molecule has 7 heteroatoms. The molecule has 0 fully saturated rings. The Labute approximate surface area is 90.6 Å². The number of rotatable bonds is 2. The number of benzene rings is 1. The molecule has 1 aromatic rings. The van der Waals surface area contributed by atoms with E-state index in [0.29, 0.717) is 5.56 Å². The summed E-state index contributed by atoms with van der Waals surface area (Å²) < 4.78 is 30.4. The van der Waals surface area contributed by atoms with Crippen molar-refractivity contribution in [3.63, 3.8) is 0 Å². The highest BCUT2D eigenvalue weighted by Crippen LogP contribution is 2.27. The van der Waals surface area contributed by atoms with Crippen LogP contribution in [-0.4, -0.2) is 20.5 Å². The van der Waals surface area contributed by atoms with Gasteiger partial charge in [0, 0.05) is 5.56 Å². The number of carbonyl (C=O) groups excluding carboxylic acids is 2. The number of sulfonamides is 1. The predicted molar refractivity (Wildman–Crippen MR) is 50.9 cm³/mol. The first-order chi connectivity index (χ1) is 7.56. The Morgan fingerprint density at radius 3 is 2.81 bits per heavy atom. The molecule has 16 heavy (non-hydrogen) atoms. The molecule has 0 aliphatic carbocycles. The maximum absolute atomic E-state index is 11.5. The van der Waals surface area contributed by atoms with Crippen LogP contribution >= 0.6 is 0 Å². The fourth-order valence-corrected chi connectivity index (χ4v) is 2.38. The lowest BCUT2D eigenvalue weighted by molar-refractivity contribution is 0.0532. The molecular formula is C9H5NO5S. The standard InChI is InChI=1S/C9H5NO5S/c11-5-10-16(13,14)7-3-1-2-6-4-15-9(12)8(6)7/h1-3H,4H2. The van der Waals surface area contributed by atoms with Crippen LogP contribution in [0, 0.1) is 0 Å². The first-order valence-electron chi connectivity index (χ1n) is 4.19. The van der Waals surface area contributed by atoms with Crippen LogP contribution < -0.4 is 0 Å². The molecule has 0 saturated heterocycles. The lowest BCUT2D eigenvalue weighted by Gasteiger charge is -2.00. The SMILES string of the molecule is O=C=NS(=O)(=O)c1cccc2c1C(=O)OC2. The first-order valence-corrected chi connectivity index (χ1v) is 5.63. The lowest BCUT2D eigenvalue weighted by Crippen LogP contribution is -2.05. The van der Waals surface area contributed by atoms with Crippen molar-refractivity contribution >= 4 is 22.1 Å². The summed E-state index contributed by atoms with van der Waals surface area (Å²) in [4.78, 5) is 21.0. The number of isocyanates is 1. The fourth-order valence-electron chi connectivity index (χ4n) is 1.46. The normalized spacial score (nSPS) is 13.9. The zero-order valence-corrected chi connectivity index (χ0v) is 8.65. The number of nitrogens with zero attached hydrogens (tertiary/aromatic N) is 1. The maximum atomic E-state index is 11.5. The van der Waals surface area contributed by atoms with Crippen LogP contribution in [0.25, 0.3) is 0 Å². The van der Waals surface area contributed by atoms with Crippen molar-refractivity contribution in [3.05, 3.63) is 29.3 Å². The monoisotopic (exact) mass is 239 g/mol. The van der Waals surface area contributed by atoms with Gasteiger partial charge in [0.2, 0.25) is 0 Å². The molecule has 6 nitrogen and oxygen atoms in total. The van der Waals surface area contributed by atoms with Crippen molar-refractivity contribution in [3.8, 4) is 0 Å². The number of hydrogen-bond acceptors (Lipinski definition) is 5. The molecule has 0 aromatic heterocycles. The molecule has 0 radical (unpaired) electrons. The van der Waals surface area contributed by atoms with Gasteiger partial charge in [-0.1, -0.05) is 16.5 Å². The minimum absolute atomic E-state index is 0.0301. The number of hydrogen-bond donors (Lipinski definition) is 0. The van der Waals surface area contributed by atoms with Gasteiger partial charge in [-0.05, 0) is 6.07 Å². The first kappa shape index (κ1) is 10.5. The van der Waals surface area contributed by atoms with Crippen molar-refractivity contribution in [1.29, 1.82) is 0 Å². The van der Waals surface area contributed by atoms with Crippen LogP contribution in [0.5, 0.6) is 0 Å². The average molecular weight is 239 g/mol. The van der Waals surface area contributed by atoms with E-state index in [1.807, 2.05) is 0 Å². The third-order valence-corrected chi connectivity index (χ3v) is 3.32. The van der Waals surface area contributed by atoms with Crippen LogP contribution in [0.15, 0.2) is 27.5 Å². The van der Waals surface area contributed by atoms with Crippen molar-refractivity contribution in [2.24, 2.45) is 4.40 Å². The van der Waals surface area contributed by atoms with Gasteiger partial charge in [-0.3, -0.25) is 0 Å². The summed E-state index contributed by atoms with van der Waals surface area (Å²) in [6.45, 7) is 0.0301. The second-order valence-electron chi connectivity index (χ2n) is 3.02. The van der Waals surface area contributed by atoms with Crippen LogP contribution in [0.3, 0.4) is 0 Å². The summed E-state index contributed by atoms with van der Waals surface area (Å²) in [5.74, 6) is -0.727. The van der Waals surface area contributed by atoms with Gasteiger partial charge in [0.15, 0.2) is 0 Å². The van der Waals surface area contributed by atoms with Crippen LogP contribution in [0.4, 0.5) is 0 Å². The predicted octanol–water partition coefficient (Wildman–Crippen LogP) is 0.382. The number of carbonyl (C=O) groups is 1. The van der Waals surface area contributed by atoms with Gasteiger partial charge in [0.25, 0.3) is 16.1 Å². The number of esters is 1. The molecule has 0 atom stereocenters. The van der Waals surface area contributed by atoms with Crippen molar-refractivity contribution in [2.45, 2.75) is 11.5 Å². The van der Waals surface area contributed by atoms with Gasteiger partial charge in [-0.15, -0.1) is 0 Å². The second-order valence-corrected chi connectivity index (χ2v) is 4.60. The Morgan fingerprint density at radius 2 is 2.12 bits per heavy atom. The fraction of sp³-hybridized carbons (Fsp3) is 0.111. The molecule has 82 valence electrons.